The molecule has 0 saturated heterocycles. The van der Waals surface area contributed by atoms with Gasteiger partial charge in [0.25, 0.3) is 11.8 Å². The van der Waals surface area contributed by atoms with Gasteiger partial charge in [-0.1, -0.05) is 68.8 Å². The average Bonchev–Trinajstić information content (AvgIpc) is 2.94. The maximum atomic E-state index is 12.9. The van der Waals surface area contributed by atoms with Crippen molar-refractivity contribution in [2.45, 2.75) is 52.5 Å². The summed E-state index contributed by atoms with van der Waals surface area (Å²) in [5.74, 6) is -0.132. The third-order valence-electron chi connectivity index (χ3n) is 7.67. The molecule has 202 valence electrons. The third-order valence-corrected chi connectivity index (χ3v) is 7.67. The maximum absolute atomic E-state index is 12.9. The van der Waals surface area contributed by atoms with Gasteiger partial charge in [-0.25, -0.2) is 0 Å². The van der Waals surface area contributed by atoms with Crippen LogP contribution in [-0.2, 0) is 6.54 Å². The summed E-state index contributed by atoms with van der Waals surface area (Å²) < 4.78 is 0. The quantitative estimate of drug-likeness (QED) is 0.331. The Morgan fingerprint density at radius 2 is 1.72 bits per heavy atom. The molecule has 1 aliphatic rings. The second kappa shape index (κ2) is 12.6. The number of nitrogens with one attached hydrogen (secondary N) is 2. The normalized spacial score (nSPS) is 14.7. The zero-order valence-corrected chi connectivity index (χ0v) is 22.9. The predicted molar refractivity (Wildman–Crippen MR) is 159 cm³/mol. The number of carbonyl (C=O) groups excluding carboxylic acids is 2. The molecule has 39 heavy (non-hydrogen) atoms. The fourth-order valence-electron chi connectivity index (χ4n) is 5.18. The highest BCUT2D eigenvalue weighted by Gasteiger charge is 2.36. The van der Waals surface area contributed by atoms with E-state index in [-0.39, 0.29) is 23.0 Å². The number of phenols is 1. The van der Waals surface area contributed by atoms with Gasteiger partial charge in [-0.2, -0.15) is 0 Å². The van der Waals surface area contributed by atoms with E-state index in [9.17, 15) is 14.7 Å². The third kappa shape index (κ3) is 6.85. The average molecular weight is 523 g/mol. The molecular formula is C34H38N2O3. The fraction of sp³-hybridized carbons (Fsp3) is 0.294. The molecule has 3 aromatic rings. The summed E-state index contributed by atoms with van der Waals surface area (Å²) in [7, 11) is 0. The van der Waals surface area contributed by atoms with Crippen LogP contribution in [0.15, 0.2) is 72.8 Å². The Balaban J connectivity index is 1.38. The number of benzene rings is 3. The Morgan fingerprint density at radius 3 is 2.38 bits per heavy atom. The van der Waals surface area contributed by atoms with Gasteiger partial charge in [-0.05, 0) is 89.9 Å². The number of phenolic OH excluding ortho intramolecular Hbond substituents is 1. The van der Waals surface area contributed by atoms with Crippen LogP contribution < -0.4 is 21.1 Å². The van der Waals surface area contributed by atoms with E-state index < -0.39 is 0 Å². The molecule has 0 bridgehead atoms. The molecule has 3 N–H and O–H groups in total. The number of amides is 2. The van der Waals surface area contributed by atoms with E-state index in [0.717, 1.165) is 41.3 Å². The second-order valence-electron chi connectivity index (χ2n) is 10.5. The van der Waals surface area contributed by atoms with Crippen LogP contribution in [-0.4, -0.2) is 23.5 Å². The van der Waals surface area contributed by atoms with E-state index in [1.54, 1.807) is 12.1 Å². The van der Waals surface area contributed by atoms with Gasteiger partial charge in [0.1, 0.15) is 5.75 Å². The van der Waals surface area contributed by atoms with Crippen molar-refractivity contribution in [3.63, 3.8) is 0 Å². The number of rotatable bonds is 10. The predicted octanol–water partition coefficient (Wildman–Crippen LogP) is 5.46. The number of hydrogen-bond acceptors (Lipinski definition) is 3. The molecule has 4 rings (SSSR count). The number of aromatic hydroxyl groups is 1. The standard InChI is InChI=1S/C34H38N2O3/c1-4-6-9-27-19-30(21-31(37)24(27)3)28-10-7-11-29(20-28)33(39)35-22-25-12-14-26(15-13-25)32(38)36-23-34(16-5-2)17-8-18-34/h4,6-7,9-15,19-21,37H,3,5,8,16-18,22-23H2,1-2H3,(H,35,39)(H,36,38)/b6-4-,27-9-. The lowest BCUT2D eigenvalue weighted by molar-refractivity contribution is 0.0832. The van der Waals surface area contributed by atoms with E-state index in [0.29, 0.717) is 22.9 Å². The highest BCUT2D eigenvalue weighted by atomic mass is 16.3. The summed E-state index contributed by atoms with van der Waals surface area (Å²) in [6.07, 6.45) is 11.7. The summed E-state index contributed by atoms with van der Waals surface area (Å²) in [4.78, 5) is 25.6. The van der Waals surface area contributed by atoms with Crippen LogP contribution >= 0.6 is 0 Å². The van der Waals surface area contributed by atoms with Crippen molar-refractivity contribution in [2.24, 2.45) is 5.41 Å². The van der Waals surface area contributed by atoms with Crippen molar-refractivity contribution < 1.29 is 14.7 Å². The molecule has 2 amide bonds. The zero-order chi connectivity index (χ0) is 27.8. The van der Waals surface area contributed by atoms with Crippen LogP contribution in [0.3, 0.4) is 0 Å². The van der Waals surface area contributed by atoms with Crippen LogP contribution in [0, 0.1) is 5.41 Å². The Morgan fingerprint density at radius 1 is 0.974 bits per heavy atom. The van der Waals surface area contributed by atoms with Gasteiger partial charge < -0.3 is 15.7 Å². The smallest absolute Gasteiger partial charge is 0.251 e. The molecule has 1 aliphatic carbocycles. The van der Waals surface area contributed by atoms with Crippen LogP contribution in [0.5, 0.6) is 5.75 Å². The van der Waals surface area contributed by atoms with E-state index in [2.05, 4.69) is 24.1 Å². The summed E-state index contributed by atoms with van der Waals surface area (Å²) in [5, 5.41) is 17.8. The molecule has 0 aliphatic heterocycles. The van der Waals surface area contributed by atoms with E-state index in [1.165, 1.54) is 19.3 Å². The van der Waals surface area contributed by atoms with Gasteiger partial charge in [0.15, 0.2) is 0 Å². The largest absolute Gasteiger partial charge is 0.507 e. The monoisotopic (exact) mass is 522 g/mol. The molecule has 5 heteroatoms. The molecule has 1 saturated carbocycles. The molecule has 5 nitrogen and oxygen atoms in total. The van der Waals surface area contributed by atoms with Crippen molar-refractivity contribution in [1.29, 1.82) is 0 Å². The molecule has 3 aromatic carbocycles. The van der Waals surface area contributed by atoms with Crippen molar-refractivity contribution >= 4 is 24.5 Å². The summed E-state index contributed by atoms with van der Waals surface area (Å²) in [6, 6.07) is 18.3. The topological polar surface area (TPSA) is 78.4 Å². The molecule has 1 fully saturated rings. The van der Waals surface area contributed by atoms with E-state index in [4.69, 9.17) is 0 Å². The molecule has 0 aromatic heterocycles. The lowest BCUT2D eigenvalue weighted by atomic mass is 9.66. The lowest BCUT2D eigenvalue weighted by Crippen LogP contribution is -2.42. The van der Waals surface area contributed by atoms with E-state index >= 15 is 0 Å². The molecule has 0 radical (unpaired) electrons. The first-order chi connectivity index (χ1) is 18.8. The number of carbonyl (C=O) groups is 2. The van der Waals surface area contributed by atoms with Crippen LogP contribution in [0.4, 0.5) is 0 Å². The molecule has 0 unspecified atom stereocenters. The zero-order valence-electron chi connectivity index (χ0n) is 22.9. The molecule has 0 heterocycles. The van der Waals surface area contributed by atoms with Crippen molar-refractivity contribution in [1.82, 2.24) is 10.6 Å². The van der Waals surface area contributed by atoms with Crippen molar-refractivity contribution in [3.05, 3.63) is 99.9 Å². The van der Waals surface area contributed by atoms with Gasteiger partial charge in [0.2, 0.25) is 0 Å². The number of allylic oxidation sites excluding steroid dienone is 2. The lowest BCUT2D eigenvalue weighted by Gasteiger charge is -2.42. The first-order valence-corrected chi connectivity index (χ1v) is 13.7. The Bertz CT molecular complexity index is 1470. The van der Waals surface area contributed by atoms with Crippen LogP contribution in [0.1, 0.15) is 72.2 Å². The molecular weight excluding hydrogens is 484 g/mol. The van der Waals surface area contributed by atoms with Gasteiger partial charge in [0.05, 0.1) is 0 Å². The first-order valence-electron chi connectivity index (χ1n) is 13.7. The summed E-state index contributed by atoms with van der Waals surface area (Å²) in [5.41, 5.74) is 3.99. The Hall–Kier alpha value is -4.12. The maximum Gasteiger partial charge on any atom is 0.251 e. The summed E-state index contributed by atoms with van der Waals surface area (Å²) in [6.45, 7) is 9.17. The fourth-order valence-corrected chi connectivity index (χ4v) is 5.18. The molecule has 0 spiro atoms. The van der Waals surface area contributed by atoms with Crippen molar-refractivity contribution in [3.8, 4) is 16.9 Å². The minimum absolute atomic E-state index is 0.0471. The number of hydrogen-bond donors (Lipinski definition) is 3. The van der Waals surface area contributed by atoms with Gasteiger partial charge in [0, 0.05) is 29.4 Å². The Kier molecular flexibility index (Phi) is 9.03. The first kappa shape index (κ1) is 27.9. The SMILES string of the molecule is C=c1c(O)cc(-c2cccc(C(=O)NCc3ccc(C(=O)NCC4(CCC)CCC4)cc3)c2)c/c1=C/C=C\C. The van der Waals surface area contributed by atoms with Gasteiger partial charge in [-0.3, -0.25) is 9.59 Å². The minimum atomic E-state index is -0.195. The highest BCUT2D eigenvalue weighted by molar-refractivity contribution is 5.96. The van der Waals surface area contributed by atoms with E-state index in [1.807, 2.05) is 73.7 Å². The second-order valence-corrected chi connectivity index (χ2v) is 10.5. The summed E-state index contributed by atoms with van der Waals surface area (Å²) >= 11 is 0. The van der Waals surface area contributed by atoms with Gasteiger partial charge in [-0.15, -0.1) is 0 Å². The van der Waals surface area contributed by atoms with Gasteiger partial charge >= 0.3 is 0 Å². The van der Waals surface area contributed by atoms with Crippen molar-refractivity contribution in [2.75, 3.05) is 6.54 Å². The molecule has 0 atom stereocenters. The Labute approximate surface area is 231 Å². The van der Waals surface area contributed by atoms with Crippen LogP contribution in [0.2, 0.25) is 0 Å². The van der Waals surface area contributed by atoms with Crippen LogP contribution in [0.25, 0.3) is 23.8 Å². The minimum Gasteiger partial charge on any atom is -0.507 e. The highest BCUT2D eigenvalue weighted by Crippen LogP contribution is 2.44.